The number of aryl methyl sites for hydroxylation is 1. The first-order valence-electron chi connectivity index (χ1n) is 9.30. The second-order valence-corrected chi connectivity index (χ2v) is 7.13. The molecule has 3 aromatic rings. The van der Waals surface area contributed by atoms with Gasteiger partial charge in [0, 0.05) is 11.4 Å². The third-order valence-electron chi connectivity index (χ3n) is 5.18. The molecule has 0 aliphatic carbocycles. The first-order valence-corrected chi connectivity index (χ1v) is 9.30. The van der Waals surface area contributed by atoms with Gasteiger partial charge in [-0.25, -0.2) is 9.67 Å². The van der Waals surface area contributed by atoms with Gasteiger partial charge in [-0.3, -0.25) is 0 Å². The van der Waals surface area contributed by atoms with Crippen molar-refractivity contribution in [2.45, 2.75) is 44.5 Å². The lowest BCUT2D eigenvalue weighted by molar-refractivity contribution is -0.141. The Labute approximate surface area is 160 Å². The summed E-state index contributed by atoms with van der Waals surface area (Å²) in [7, 11) is 0. The molecule has 2 atom stereocenters. The second kappa shape index (κ2) is 7.18. The monoisotopic (exact) mass is 390 g/mol. The summed E-state index contributed by atoms with van der Waals surface area (Å²) in [6, 6.07) is 9.58. The van der Waals surface area contributed by atoms with Crippen LogP contribution in [0.1, 0.15) is 42.3 Å². The molecule has 1 aromatic carbocycles. The predicted octanol–water partition coefficient (Wildman–Crippen LogP) is 3.92. The highest BCUT2D eigenvalue weighted by Gasteiger charge is 2.36. The zero-order chi connectivity index (χ0) is 19.9. The molecule has 4 rings (SSSR count). The van der Waals surface area contributed by atoms with E-state index >= 15 is 0 Å². The number of para-hydroxylation sites is 1. The highest BCUT2D eigenvalue weighted by molar-refractivity contribution is 5.84. The average molecular weight is 390 g/mol. The molecule has 0 spiro atoms. The Morgan fingerprint density at radius 3 is 2.61 bits per heavy atom. The fourth-order valence-corrected chi connectivity index (χ4v) is 3.81. The van der Waals surface area contributed by atoms with Crippen molar-refractivity contribution >= 4 is 11.0 Å². The van der Waals surface area contributed by atoms with Gasteiger partial charge >= 0.3 is 6.18 Å². The Kier molecular flexibility index (Phi) is 4.84. The molecule has 2 aromatic heterocycles. The van der Waals surface area contributed by atoms with E-state index in [2.05, 4.69) is 15.4 Å². The molecule has 0 amide bonds. The normalized spacial score (nSPS) is 19.1. The summed E-state index contributed by atoms with van der Waals surface area (Å²) < 4.78 is 42.1. The fourth-order valence-electron chi connectivity index (χ4n) is 3.81. The molecular weight excluding hydrogens is 369 g/mol. The van der Waals surface area contributed by atoms with Gasteiger partial charge < -0.3 is 10.4 Å². The van der Waals surface area contributed by atoms with Gasteiger partial charge in [-0.2, -0.15) is 18.3 Å². The van der Waals surface area contributed by atoms with E-state index in [0.717, 1.165) is 25.5 Å². The van der Waals surface area contributed by atoms with Gasteiger partial charge in [0.25, 0.3) is 0 Å². The molecule has 0 bridgehead atoms. The zero-order valence-electron chi connectivity index (χ0n) is 15.4. The smallest absolute Gasteiger partial charge is 0.387 e. The van der Waals surface area contributed by atoms with E-state index in [-0.39, 0.29) is 17.3 Å². The molecule has 3 heterocycles. The van der Waals surface area contributed by atoms with Gasteiger partial charge in [-0.15, -0.1) is 0 Å². The Morgan fingerprint density at radius 2 is 1.96 bits per heavy atom. The average Bonchev–Trinajstić information content (AvgIpc) is 3.04. The van der Waals surface area contributed by atoms with Crippen LogP contribution in [0.3, 0.4) is 0 Å². The summed E-state index contributed by atoms with van der Waals surface area (Å²) in [5.41, 5.74) is 0.440. The number of pyridine rings is 1. The number of aliphatic hydroxyl groups excluding tert-OH is 1. The minimum absolute atomic E-state index is 0.100. The van der Waals surface area contributed by atoms with E-state index in [4.69, 9.17) is 0 Å². The first-order chi connectivity index (χ1) is 13.4. The first kappa shape index (κ1) is 18.9. The number of nitrogens with one attached hydrogen (secondary N) is 1. The minimum atomic E-state index is -4.62. The quantitative estimate of drug-likeness (QED) is 0.712. The van der Waals surface area contributed by atoms with E-state index < -0.39 is 18.0 Å². The number of halogens is 3. The molecule has 148 valence electrons. The molecule has 2 unspecified atom stereocenters. The summed E-state index contributed by atoms with van der Waals surface area (Å²) in [5, 5.41) is 19.1. The van der Waals surface area contributed by atoms with Crippen molar-refractivity contribution in [3.8, 4) is 5.69 Å². The van der Waals surface area contributed by atoms with Gasteiger partial charge in [-0.1, -0.05) is 24.6 Å². The molecule has 28 heavy (non-hydrogen) atoms. The van der Waals surface area contributed by atoms with Crippen LogP contribution < -0.4 is 5.32 Å². The predicted molar refractivity (Wildman–Crippen MR) is 99.2 cm³/mol. The molecule has 0 radical (unpaired) electrons. The van der Waals surface area contributed by atoms with Crippen LogP contribution in [-0.4, -0.2) is 32.5 Å². The van der Waals surface area contributed by atoms with Crippen LogP contribution in [0.5, 0.6) is 0 Å². The zero-order valence-corrected chi connectivity index (χ0v) is 15.4. The maximum Gasteiger partial charge on any atom is 0.433 e. The van der Waals surface area contributed by atoms with Crippen LogP contribution in [-0.2, 0) is 6.18 Å². The van der Waals surface area contributed by atoms with Gasteiger partial charge in [-0.05, 0) is 50.1 Å². The third kappa shape index (κ3) is 3.38. The number of aliphatic hydroxyl groups is 1. The number of rotatable bonds is 3. The Morgan fingerprint density at radius 1 is 1.21 bits per heavy atom. The number of alkyl halides is 3. The minimum Gasteiger partial charge on any atom is -0.387 e. The Bertz CT molecular complexity index is 979. The number of aromatic nitrogens is 3. The van der Waals surface area contributed by atoms with Crippen LogP contribution >= 0.6 is 0 Å². The standard InChI is InChI=1S/C20H21F3N4O/c1-12-17-14(18(28)15-9-5-6-10-24-15)11-16(20(21,22)23)25-19(17)27(26-12)13-7-3-2-4-8-13/h2-4,7-8,11,15,18,24,28H,5-6,9-10H2,1H3. The molecule has 1 aliphatic rings. The van der Waals surface area contributed by atoms with Crippen molar-refractivity contribution in [2.24, 2.45) is 0 Å². The van der Waals surface area contributed by atoms with Crippen molar-refractivity contribution in [3.63, 3.8) is 0 Å². The second-order valence-electron chi connectivity index (χ2n) is 7.13. The van der Waals surface area contributed by atoms with Crippen molar-refractivity contribution in [3.05, 3.63) is 53.3 Å². The van der Waals surface area contributed by atoms with E-state index in [1.54, 1.807) is 31.2 Å². The number of benzene rings is 1. The number of piperidine rings is 1. The van der Waals surface area contributed by atoms with E-state index in [9.17, 15) is 18.3 Å². The summed E-state index contributed by atoms with van der Waals surface area (Å²) in [6.45, 7) is 2.46. The Balaban J connectivity index is 1.94. The highest BCUT2D eigenvalue weighted by atomic mass is 19.4. The maximum absolute atomic E-state index is 13.6. The summed E-state index contributed by atoms with van der Waals surface area (Å²) in [6.07, 6.45) is -3.06. The molecule has 1 fully saturated rings. The van der Waals surface area contributed by atoms with Crippen molar-refractivity contribution < 1.29 is 18.3 Å². The van der Waals surface area contributed by atoms with E-state index in [0.29, 0.717) is 23.2 Å². The van der Waals surface area contributed by atoms with E-state index in [1.807, 2.05) is 6.07 Å². The lowest BCUT2D eigenvalue weighted by Gasteiger charge is -2.29. The van der Waals surface area contributed by atoms with Crippen LogP contribution in [0.25, 0.3) is 16.7 Å². The highest BCUT2D eigenvalue weighted by Crippen LogP contribution is 2.36. The van der Waals surface area contributed by atoms with Crippen molar-refractivity contribution in [2.75, 3.05) is 6.54 Å². The topological polar surface area (TPSA) is 63.0 Å². The fraction of sp³-hybridized carbons (Fsp3) is 0.400. The van der Waals surface area contributed by atoms with Crippen LogP contribution in [0.2, 0.25) is 0 Å². The molecule has 2 N–H and O–H groups in total. The maximum atomic E-state index is 13.6. The molecular formula is C20H21F3N4O. The number of nitrogens with zero attached hydrogens (tertiary/aromatic N) is 3. The molecule has 0 saturated carbocycles. The summed E-state index contributed by atoms with van der Waals surface area (Å²) in [5.74, 6) is 0. The SMILES string of the molecule is Cc1nn(-c2ccccc2)c2nc(C(F)(F)F)cc(C(O)C3CCCCN3)c12. The molecule has 5 nitrogen and oxygen atoms in total. The van der Waals surface area contributed by atoms with Crippen molar-refractivity contribution in [1.29, 1.82) is 0 Å². The number of hydrogen-bond acceptors (Lipinski definition) is 4. The Hall–Kier alpha value is -2.45. The van der Waals surface area contributed by atoms with Crippen LogP contribution in [0.4, 0.5) is 13.2 Å². The lowest BCUT2D eigenvalue weighted by atomic mass is 9.93. The number of fused-ring (bicyclic) bond motifs is 1. The lowest BCUT2D eigenvalue weighted by Crippen LogP contribution is -2.39. The van der Waals surface area contributed by atoms with Gasteiger partial charge in [0.05, 0.1) is 17.5 Å². The van der Waals surface area contributed by atoms with Gasteiger partial charge in [0.2, 0.25) is 0 Å². The van der Waals surface area contributed by atoms with Gasteiger partial charge in [0.1, 0.15) is 5.69 Å². The van der Waals surface area contributed by atoms with Crippen LogP contribution in [0.15, 0.2) is 36.4 Å². The molecule has 1 saturated heterocycles. The molecule has 1 aliphatic heterocycles. The summed E-state index contributed by atoms with van der Waals surface area (Å²) in [4.78, 5) is 3.88. The van der Waals surface area contributed by atoms with E-state index in [1.165, 1.54) is 4.68 Å². The molecule has 8 heteroatoms. The summed E-state index contributed by atoms with van der Waals surface area (Å²) >= 11 is 0. The number of hydrogen-bond donors (Lipinski definition) is 2. The van der Waals surface area contributed by atoms with Crippen LogP contribution in [0, 0.1) is 6.92 Å². The largest absolute Gasteiger partial charge is 0.433 e. The third-order valence-corrected chi connectivity index (χ3v) is 5.18. The van der Waals surface area contributed by atoms with Gasteiger partial charge in [0.15, 0.2) is 5.65 Å². The van der Waals surface area contributed by atoms with Crippen molar-refractivity contribution in [1.82, 2.24) is 20.1 Å².